The first-order chi connectivity index (χ1) is 2.91. The summed E-state index contributed by atoms with van der Waals surface area (Å²) in [5, 5.41) is 2.15. The van der Waals surface area contributed by atoms with E-state index in [0.29, 0.717) is 12.7 Å². The van der Waals surface area contributed by atoms with Gasteiger partial charge in [-0.2, -0.15) is 0 Å². The summed E-state index contributed by atoms with van der Waals surface area (Å²) in [6.07, 6.45) is 1.10. The van der Waals surface area contributed by atoms with Crippen molar-refractivity contribution < 1.29 is 9.59 Å². The van der Waals surface area contributed by atoms with E-state index >= 15 is 0 Å². The van der Waals surface area contributed by atoms with Crippen molar-refractivity contribution in [1.29, 1.82) is 0 Å². The Labute approximate surface area is 35.3 Å². The first-order valence-electron chi connectivity index (χ1n) is 1.52. The largest absolute Gasteiger partial charge is 0.352 e. The minimum absolute atomic E-state index is 0.115. The Bertz CT molecular complexity index is 44.8. The number of nitrogens with one attached hydrogen (secondary N) is 1. The fraction of sp³-hybridized carbons (Fsp3) is 0.333. The standard InChI is InChI=1S/C3H5NO2/c5-2-1-4-3-6/h2-3H,1H2,(H,4,6). The highest BCUT2D eigenvalue weighted by molar-refractivity contribution is 5.58. The van der Waals surface area contributed by atoms with Gasteiger partial charge in [-0.15, -0.1) is 0 Å². The molecule has 1 amide bonds. The van der Waals surface area contributed by atoms with Crippen molar-refractivity contribution in [1.82, 2.24) is 5.32 Å². The van der Waals surface area contributed by atoms with Gasteiger partial charge in [0.05, 0.1) is 6.54 Å². The number of carbonyl (C=O) groups is 2. The van der Waals surface area contributed by atoms with E-state index in [9.17, 15) is 9.59 Å². The van der Waals surface area contributed by atoms with Crippen molar-refractivity contribution in [3.8, 4) is 0 Å². The summed E-state index contributed by atoms with van der Waals surface area (Å²) < 4.78 is 0. The lowest BCUT2D eigenvalue weighted by Gasteiger charge is -1.78. The number of amides is 1. The van der Waals surface area contributed by atoms with Crippen molar-refractivity contribution >= 4 is 12.7 Å². The molecule has 0 aromatic carbocycles. The van der Waals surface area contributed by atoms with Crippen LogP contribution in [-0.4, -0.2) is 19.2 Å². The Morgan fingerprint density at radius 2 is 2.17 bits per heavy atom. The molecule has 0 rings (SSSR count). The molecule has 3 nitrogen and oxygen atoms in total. The maximum Gasteiger partial charge on any atom is 0.207 e. The van der Waals surface area contributed by atoms with Crippen LogP contribution in [-0.2, 0) is 9.59 Å². The Balaban J connectivity index is 2.66. The summed E-state index contributed by atoms with van der Waals surface area (Å²) in [5.74, 6) is 0. The van der Waals surface area contributed by atoms with Crippen LogP contribution in [0, 0.1) is 0 Å². The summed E-state index contributed by atoms with van der Waals surface area (Å²) in [7, 11) is 0. The van der Waals surface area contributed by atoms with Gasteiger partial charge < -0.3 is 10.1 Å². The zero-order valence-electron chi connectivity index (χ0n) is 3.18. The van der Waals surface area contributed by atoms with Gasteiger partial charge in [-0.1, -0.05) is 0 Å². The molecule has 0 radical (unpaired) electrons. The van der Waals surface area contributed by atoms with Gasteiger partial charge in [0.2, 0.25) is 6.41 Å². The zero-order valence-corrected chi connectivity index (χ0v) is 3.18. The van der Waals surface area contributed by atoms with Crippen molar-refractivity contribution in [3.63, 3.8) is 0 Å². The fourth-order valence-corrected chi connectivity index (χ4v) is 0.0962. The van der Waals surface area contributed by atoms with Gasteiger partial charge in [0.15, 0.2) is 0 Å². The maximum absolute atomic E-state index is 9.34. The van der Waals surface area contributed by atoms with Crippen LogP contribution < -0.4 is 5.32 Å². The Morgan fingerprint density at radius 1 is 1.50 bits per heavy atom. The van der Waals surface area contributed by atoms with E-state index in [1.54, 1.807) is 0 Å². The molecule has 34 valence electrons. The van der Waals surface area contributed by atoms with Gasteiger partial charge in [0.25, 0.3) is 0 Å². The maximum atomic E-state index is 9.34. The number of hydrogen-bond acceptors (Lipinski definition) is 2. The van der Waals surface area contributed by atoms with Crippen molar-refractivity contribution in [3.05, 3.63) is 0 Å². The molecule has 6 heavy (non-hydrogen) atoms. The molecule has 0 aromatic heterocycles. The van der Waals surface area contributed by atoms with Crippen LogP contribution in [0.25, 0.3) is 0 Å². The average Bonchev–Trinajstić information content (AvgIpc) is 1.61. The molecule has 0 aromatic rings. The molecule has 0 saturated heterocycles. The normalized spacial score (nSPS) is 6.67. The molecular formula is C3H5NO2. The molecule has 0 aliphatic rings. The average molecular weight is 87.1 g/mol. The zero-order chi connectivity index (χ0) is 4.83. The molecule has 3 heteroatoms. The van der Waals surface area contributed by atoms with Gasteiger partial charge >= 0.3 is 0 Å². The molecule has 1 N–H and O–H groups in total. The molecule has 0 unspecified atom stereocenters. The number of carbonyl (C=O) groups excluding carboxylic acids is 2. The van der Waals surface area contributed by atoms with Crippen molar-refractivity contribution in [2.45, 2.75) is 0 Å². The molecule has 0 aliphatic heterocycles. The number of aldehydes is 1. The van der Waals surface area contributed by atoms with E-state index in [0.717, 1.165) is 0 Å². The molecule has 0 aliphatic carbocycles. The Kier molecular flexibility index (Phi) is 3.55. The molecule has 0 heterocycles. The summed E-state index contributed by atoms with van der Waals surface area (Å²) in [5.41, 5.74) is 0. The van der Waals surface area contributed by atoms with Crippen LogP contribution in [0.4, 0.5) is 0 Å². The number of hydrogen-bond donors (Lipinski definition) is 1. The second-order valence-corrected chi connectivity index (χ2v) is 0.693. The summed E-state index contributed by atoms with van der Waals surface area (Å²) >= 11 is 0. The smallest absolute Gasteiger partial charge is 0.207 e. The first-order valence-corrected chi connectivity index (χ1v) is 1.52. The van der Waals surface area contributed by atoms with E-state index < -0.39 is 0 Å². The van der Waals surface area contributed by atoms with Crippen LogP contribution in [0.1, 0.15) is 0 Å². The molecule has 0 spiro atoms. The third kappa shape index (κ3) is 3.14. The second-order valence-electron chi connectivity index (χ2n) is 0.693. The fourth-order valence-electron chi connectivity index (χ4n) is 0.0962. The molecule has 0 saturated carbocycles. The van der Waals surface area contributed by atoms with Gasteiger partial charge in [0.1, 0.15) is 6.29 Å². The van der Waals surface area contributed by atoms with Crippen LogP contribution in [0.3, 0.4) is 0 Å². The molecule has 0 atom stereocenters. The highest BCUT2D eigenvalue weighted by Gasteiger charge is 1.68. The van der Waals surface area contributed by atoms with E-state index in [4.69, 9.17) is 0 Å². The van der Waals surface area contributed by atoms with E-state index in [2.05, 4.69) is 5.32 Å². The topological polar surface area (TPSA) is 46.2 Å². The summed E-state index contributed by atoms with van der Waals surface area (Å²) in [6.45, 7) is 0.115. The predicted molar refractivity (Wildman–Crippen MR) is 20.1 cm³/mol. The van der Waals surface area contributed by atoms with Crippen LogP contribution in [0.15, 0.2) is 0 Å². The summed E-state index contributed by atoms with van der Waals surface area (Å²) in [6, 6.07) is 0. The highest BCUT2D eigenvalue weighted by Crippen LogP contribution is 1.35. The third-order valence-electron chi connectivity index (χ3n) is 0.285. The molecule has 0 bridgehead atoms. The first kappa shape index (κ1) is 5.14. The van der Waals surface area contributed by atoms with Crippen LogP contribution in [0.5, 0.6) is 0 Å². The lowest BCUT2D eigenvalue weighted by molar-refractivity contribution is -0.113. The highest BCUT2D eigenvalue weighted by atomic mass is 16.1. The van der Waals surface area contributed by atoms with Crippen molar-refractivity contribution in [2.75, 3.05) is 6.54 Å². The van der Waals surface area contributed by atoms with E-state index in [1.807, 2.05) is 0 Å². The quantitative estimate of drug-likeness (QED) is 0.352. The lowest BCUT2D eigenvalue weighted by atomic mass is 10.7. The minimum Gasteiger partial charge on any atom is -0.352 e. The Hall–Kier alpha value is -0.860. The van der Waals surface area contributed by atoms with E-state index in [1.165, 1.54) is 0 Å². The van der Waals surface area contributed by atoms with Gasteiger partial charge in [-0.3, -0.25) is 4.79 Å². The minimum atomic E-state index is 0.115. The Morgan fingerprint density at radius 3 is 2.33 bits per heavy atom. The van der Waals surface area contributed by atoms with Gasteiger partial charge in [0, 0.05) is 0 Å². The van der Waals surface area contributed by atoms with Crippen LogP contribution in [0.2, 0.25) is 0 Å². The predicted octanol–water partition coefficient (Wildman–Crippen LogP) is -1.07. The molecular weight excluding hydrogens is 82.0 g/mol. The lowest BCUT2D eigenvalue weighted by Crippen LogP contribution is -2.12. The van der Waals surface area contributed by atoms with Gasteiger partial charge in [-0.05, 0) is 0 Å². The second kappa shape index (κ2) is 4.14. The SMILES string of the molecule is O=CCNC=O. The van der Waals surface area contributed by atoms with Gasteiger partial charge in [-0.25, -0.2) is 0 Å². The van der Waals surface area contributed by atoms with Crippen LogP contribution >= 0.6 is 0 Å². The van der Waals surface area contributed by atoms with E-state index in [-0.39, 0.29) is 6.54 Å². The third-order valence-corrected chi connectivity index (χ3v) is 0.285. The van der Waals surface area contributed by atoms with Crippen molar-refractivity contribution in [2.24, 2.45) is 0 Å². The molecule has 0 fully saturated rings. The number of rotatable bonds is 3. The monoisotopic (exact) mass is 87.0 g/mol. The summed E-state index contributed by atoms with van der Waals surface area (Å²) in [4.78, 5) is 18.6.